The van der Waals surface area contributed by atoms with Gasteiger partial charge in [-0.3, -0.25) is 14.4 Å². The molecule has 1 atom stereocenters. The van der Waals surface area contributed by atoms with Crippen LogP contribution >= 0.6 is 0 Å². The van der Waals surface area contributed by atoms with Crippen LogP contribution in [-0.4, -0.2) is 40.4 Å². The average molecular weight is 358 g/mol. The SMILES string of the molecule is O=C(O)CCC(=O)NC1CC(=O)N(Cc2ccccc2C(F)(F)F)C1. The highest BCUT2D eigenvalue weighted by Crippen LogP contribution is 2.32. The van der Waals surface area contributed by atoms with Crippen molar-refractivity contribution in [3.63, 3.8) is 0 Å². The van der Waals surface area contributed by atoms with Crippen molar-refractivity contribution in [3.8, 4) is 0 Å². The zero-order valence-electron chi connectivity index (χ0n) is 13.2. The quantitative estimate of drug-likeness (QED) is 0.812. The van der Waals surface area contributed by atoms with E-state index in [9.17, 15) is 27.6 Å². The first-order valence-electron chi connectivity index (χ1n) is 7.61. The van der Waals surface area contributed by atoms with Crippen molar-refractivity contribution in [2.45, 2.75) is 38.0 Å². The van der Waals surface area contributed by atoms with Crippen LogP contribution in [0.15, 0.2) is 24.3 Å². The molecule has 0 aliphatic carbocycles. The molecule has 0 spiro atoms. The van der Waals surface area contributed by atoms with E-state index in [2.05, 4.69) is 5.32 Å². The number of hydrogen-bond donors (Lipinski definition) is 2. The second-order valence-electron chi connectivity index (χ2n) is 5.79. The number of rotatable bonds is 6. The number of carbonyl (C=O) groups excluding carboxylic acids is 2. The lowest BCUT2D eigenvalue weighted by Gasteiger charge is -2.20. The van der Waals surface area contributed by atoms with Gasteiger partial charge in [0.05, 0.1) is 18.0 Å². The molecule has 1 fully saturated rings. The van der Waals surface area contributed by atoms with Crippen LogP contribution in [0.5, 0.6) is 0 Å². The molecule has 0 bridgehead atoms. The summed E-state index contributed by atoms with van der Waals surface area (Å²) in [6, 6.07) is 4.49. The Balaban J connectivity index is 1.98. The number of nitrogens with zero attached hydrogens (tertiary/aromatic N) is 1. The molecule has 1 unspecified atom stereocenters. The Morgan fingerprint density at radius 2 is 1.92 bits per heavy atom. The molecule has 2 rings (SSSR count). The number of likely N-dealkylation sites (tertiary alicyclic amines) is 1. The number of halogens is 3. The van der Waals surface area contributed by atoms with E-state index in [1.54, 1.807) is 0 Å². The van der Waals surface area contributed by atoms with Gasteiger partial charge in [-0.2, -0.15) is 13.2 Å². The summed E-state index contributed by atoms with van der Waals surface area (Å²) in [6.45, 7) is -0.111. The molecule has 2 N–H and O–H groups in total. The molecular formula is C16H17F3N2O4. The Kier molecular flexibility index (Phi) is 5.66. The van der Waals surface area contributed by atoms with Gasteiger partial charge in [0.2, 0.25) is 11.8 Å². The Labute approximate surface area is 141 Å². The van der Waals surface area contributed by atoms with Gasteiger partial charge < -0.3 is 15.3 Å². The molecule has 0 radical (unpaired) electrons. The number of benzene rings is 1. The minimum atomic E-state index is -4.51. The molecule has 0 saturated carbocycles. The van der Waals surface area contributed by atoms with E-state index in [1.165, 1.54) is 23.1 Å². The van der Waals surface area contributed by atoms with Crippen LogP contribution in [0.25, 0.3) is 0 Å². The summed E-state index contributed by atoms with van der Waals surface area (Å²) in [6.07, 6.45) is -5.07. The van der Waals surface area contributed by atoms with Crippen LogP contribution < -0.4 is 5.32 Å². The number of carbonyl (C=O) groups is 3. The van der Waals surface area contributed by atoms with E-state index in [0.29, 0.717) is 0 Å². The fourth-order valence-corrected chi connectivity index (χ4v) is 2.68. The number of carboxylic acids is 1. The second kappa shape index (κ2) is 7.54. The van der Waals surface area contributed by atoms with Crippen molar-refractivity contribution in [2.24, 2.45) is 0 Å². The van der Waals surface area contributed by atoms with Gasteiger partial charge >= 0.3 is 12.1 Å². The Hall–Kier alpha value is -2.58. The smallest absolute Gasteiger partial charge is 0.416 e. The fraction of sp³-hybridized carbons (Fsp3) is 0.438. The molecule has 9 heteroatoms. The first kappa shape index (κ1) is 18.8. The van der Waals surface area contributed by atoms with Crippen LogP contribution in [0.4, 0.5) is 13.2 Å². The van der Waals surface area contributed by atoms with Crippen molar-refractivity contribution < 1.29 is 32.7 Å². The van der Waals surface area contributed by atoms with Gasteiger partial charge in [0.15, 0.2) is 0 Å². The lowest BCUT2D eigenvalue weighted by molar-refractivity contribution is -0.139. The van der Waals surface area contributed by atoms with Gasteiger partial charge in [-0.15, -0.1) is 0 Å². The van der Waals surface area contributed by atoms with Crippen LogP contribution in [0, 0.1) is 0 Å². The molecule has 25 heavy (non-hydrogen) atoms. The maximum atomic E-state index is 13.0. The number of alkyl halides is 3. The Bertz CT molecular complexity index is 676. The number of aliphatic carboxylic acids is 1. The number of amides is 2. The van der Waals surface area contributed by atoms with Gasteiger partial charge in [0, 0.05) is 25.9 Å². The third-order valence-corrected chi connectivity index (χ3v) is 3.83. The maximum Gasteiger partial charge on any atom is 0.416 e. The van der Waals surface area contributed by atoms with Gasteiger partial charge in [0.25, 0.3) is 0 Å². The molecule has 1 saturated heterocycles. The van der Waals surface area contributed by atoms with E-state index >= 15 is 0 Å². The van der Waals surface area contributed by atoms with Crippen LogP contribution in [-0.2, 0) is 27.1 Å². The van der Waals surface area contributed by atoms with E-state index in [0.717, 1.165) is 6.07 Å². The molecule has 1 aliphatic rings. The zero-order valence-corrected chi connectivity index (χ0v) is 13.2. The number of hydrogen-bond acceptors (Lipinski definition) is 3. The third-order valence-electron chi connectivity index (χ3n) is 3.83. The van der Waals surface area contributed by atoms with Gasteiger partial charge in [0.1, 0.15) is 0 Å². The van der Waals surface area contributed by atoms with Crippen LogP contribution in [0.1, 0.15) is 30.4 Å². The lowest BCUT2D eigenvalue weighted by atomic mass is 10.1. The van der Waals surface area contributed by atoms with Crippen molar-refractivity contribution in [1.82, 2.24) is 10.2 Å². The standard InChI is InChI=1S/C16H17F3N2O4/c17-16(18,19)12-4-2-1-3-10(12)8-21-9-11(7-14(21)23)20-13(22)5-6-15(24)25/h1-4,11H,5-9H2,(H,20,22)(H,24,25). The number of carboxylic acid groups (broad SMARTS) is 1. The molecule has 6 nitrogen and oxygen atoms in total. The highest BCUT2D eigenvalue weighted by Gasteiger charge is 2.35. The molecule has 1 heterocycles. The largest absolute Gasteiger partial charge is 0.481 e. The van der Waals surface area contributed by atoms with Crippen molar-refractivity contribution in [2.75, 3.05) is 6.54 Å². The molecule has 1 aromatic rings. The summed E-state index contributed by atoms with van der Waals surface area (Å²) in [5, 5.41) is 11.1. The first-order valence-corrected chi connectivity index (χ1v) is 7.61. The molecule has 1 aliphatic heterocycles. The minimum absolute atomic E-state index is 0.0128. The summed E-state index contributed by atoms with van der Waals surface area (Å²) in [7, 11) is 0. The van der Waals surface area contributed by atoms with Gasteiger partial charge in [-0.1, -0.05) is 18.2 Å². The average Bonchev–Trinajstić information content (AvgIpc) is 2.84. The molecule has 136 valence electrons. The molecule has 1 aromatic carbocycles. The van der Waals surface area contributed by atoms with Crippen molar-refractivity contribution >= 4 is 17.8 Å². The summed E-state index contributed by atoms with van der Waals surface area (Å²) in [5.41, 5.74) is -0.807. The van der Waals surface area contributed by atoms with Gasteiger partial charge in [-0.25, -0.2) is 0 Å². The van der Waals surface area contributed by atoms with E-state index in [1.807, 2.05) is 0 Å². The summed E-state index contributed by atoms with van der Waals surface area (Å²) >= 11 is 0. The maximum absolute atomic E-state index is 13.0. The minimum Gasteiger partial charge on any atom is -0.481 e. The lowest BCUT2D eigenvalue weighted by Crippen LogP contribution is -2.37. The molecule has 0 aromatic heterocycles. The van der Waals surface area contributed by atoms with E-state index < -0.39 is 29.7 Å². The Morgan fingerprint density at radius 3 is 2.56 bits per heavy atom. The van der Waals surface area contributed by atoms with Crippen LogP contribution in [0.2, 0.25) is 0 Å². The Morgan fingerprint density at radius 1 is 1.24 bits per heavy atom. The fourth-order valence-electron chi connectivity index (χ4n) is 2.68. The summed E-state index contributed by atoms with van der Waals surface area (Å²) < 4.78 is 39.0. The summed E-state index contributed by atoms with van der Waals surface area (Å²) in [4.78, 5) is 35.3. The second-order valence-corrected chi connectivity index (χ2v) is 5.79. The van der Waals surface area contributed by atoms with E-state index in [4.69, 9.17) is 5.11 Å². The van der Waals surface area contributed by atoms with Crippen LogP contribution in [0.3, 0.4) is 0 Å². The van der Waals surface area contributed by atoms with Crippen molar-refractivity contribution in [3.05, 3.63) is 35.4 Å². The van der Waals surface area contributed by atoms with Gasteiger partial charge in [-0.05, 0) is 11.6 Å². The van der Waals surface area contributed by atoms with Crippen molar-refractivity contribution in [1.29, 1.82) is 0 Å². The number of nitrogens with one attached hydrogen (secondary N) is 1. The third kappa shape index (κ3) is 5.20. The topological polar surface area (TPSA) is 86.7 Å². The normalized spacial score (nSPS) is 17.6. The highest BCUT2D eigenvalue weighted by atomic mass is 19.4. The highest BCUT2D eigenvalue weighted by molar-refractivity contribution is 5.83. The summed E-state index contributed by atoms with van der Waals surface area (Å²) in [5.74, 6) is -1.97. The predicted octanol–water partition coefficient (Wildman–Crippen LogP) is 1.79. The van der Waals surface area contributed by atoms with E-state index in [-0.39, 0.29) is 43.8 Å². The monoisotopic (exact) mass is 358 g/mol. The predicted molar refractivity (Wildman–Crippen MR) is 80.3 cm³/mol. The first-order chi connectivity index (χ1) is 11.7. The zero-order chi connectivity index (χ0) is 18.6. The molecular weight excluding hydrogens is 341 g/mol. The molecule has 2 amide bonds.